The molecular formula is C17H23FN2O. The number of halogens is 1. The van der Waals surface area contributed by atoms with E-state index in [1.807, 2.05) is 6.07 Å². The van der Waals surface area contributed by atoms with Crippen molar-refractivity contribution in [1.82, 2.24) is 10.6 Å². The van der Waals surface area contributed by atoms with Gasteiger partial charge in [-0.15, -0.1) is 0 Å². The fraction of sp³-hybridized carbons (Fsp3) is 0.588. The highest BCUT2D eigenvalue weighted by atomic mass is 19.1. The Hall–Kier alpha value is -1.42. The summed E-state index contributed by atoms with van der Waals surface area (Å²) in [7, 11) is 0. The fourth-order valence-corrected chi connectivity index (χ4v) is 3.53. The molecule has 1 heterocycles. The van der Waals surface area contributed by atoms with E-state index < -0.39 is 0 Å². The molecule has 0 radical (unpaired) electrons. The summed E-state index contributed by atoms with van der Waals surface area (Å²) in [4.78, 5) is 12.1. The topological polar surface area (TPSA) is 41.1 Å². The summed E-state index contributed by atoms with van der Waals surface area (Å²) in [5.41, 5.74) is 1.74. The monoisotopic (exact) mass is 290 g/mol. The number of rotatable bonds is 4. The summed E-state index contributed by atoms with van der Waals surface area (Å²) in [5, 5.41) is 6.42. The third-order valence-electron chi connectivity index (χ3n) is 4.79. The largest absolute Gasteiger partial charge is 0.349 e. The lowest BCUT2D eigenvalue weighted by molar-refractivity contribution is -0.122. The average molecular weight is 290 g/mol. The van der Waals surface area contributed by atoms with E-state index in [9.17, 15) is 9.18 Å². The van der Waals surface area contributed by atoms with E-state index in [1.54, 1.807) is 6.07 Å². The second-order valence-corrected chi connectivity index (χ2v) is 6.20. The number of carbonyl (C=O) groups excluding carboxylic acids is 1. The van der Waals surface area contributed by atoms with Gasteiger partial charge in [-0.3, -0.25) is 4.79 Å². The Balaban J connectivity index is 1.51. The highest BCUT2D eigenvalue weighted by molar-refractivity contribution is 5.76. The van der Waals surface area contributed by atoms with E-state index in [4.69, 9.17) is 0 Å². The standard InChI is InChI=1S/C17H23FN2O/c18-15-3-1-2-14-13(15)5-6-16(14)20-17(21)7-4-12-8-10-19-11-9-12/h1-3,12,16,19H,4-11H2,(H,20,21). The summed E-state index contributed by atoms with van der Waals surface area (Å²) in [6.07, 6.45) is 5.44. The number of hydrogen-bond donors (Lipinski definition) is 2. The molecule has 1 unspecified atom stereocenters. The van der Waals surface area contributed by atoms with Crippen molar-refractivity contribution in [1.29, 1.82) is 0 Å². The first-order chi connectivity index (χ1) is 10.2. The first-order valence-corrected chi connectivity index (χ1v) is 8.01. The summed E-state index contributed by atoms with van der Waals surface area (Å²) < 4.78 is 13.7. The zero-order valence-corrected chi connectivity index (χ0v) is 12.3. The van der Waals surface area contributed by atoms with Crippen molar-refractivity contribution in [2.45, 2.75) is 44.6 Å². The van der Waals surface area contributed by atoms with Crippen molar-refractivity contribution in [2.24, 2.45) is 5.92 Å². The van der Waals surface area contributed by atoms with Crippen LogP contribution in [0.3, 0.4) is 0 Å². The van der Waals surface area contributed by atoms with Crippen molar-refractivity contribution in [2.75, 3.05) is 13.1 Å². The van der Waals surface area contributed by atoms with Gasteiger partial charge in [-0.25, -0.2) is 4.39 Å². The van der Waals surface area contributed by atoms with Crippen molar-refractivity contribution < 1.29 is 9.18 Å². The van der Waals surface area contributed by atoms with Gasteiger partial charge < -0.3 is 10.6 Å². The van der Waals surface area contributed by atoms with Crippen LogP contribution in [-0.4, -0.2) is 19.0 Å². The van der Waals surface area contributed by atoms with E-state index in [1.165, 1.54) is 18.9 Å². The second-order valence-electron chi connectivity index (χ2n) is 6.20. The van der Waals surface area contributed by atoms with E-state index in [0.717, 1.165) is 43.5 Å². The van der Waals surface area contributed by atoms with Crippen LogP contribution in [0.1, 0.15) is 49.3 Å². The molecule has 0 aromatic heterocycles. The molecule has 1 aromatic rings. The number of piperidine rings is 1. The van der Waals surface area contributed by atoms with Crippen molar-refractivity contribution >= 4 is 5.91 Å². The number of amides is 1. The predicted octanol–water partition coefficient (Wildman–Crippen LogP) is 2.71. The van der Waals surface area contributed by atoms with Gasteiger partial charge >= 0.3 is 0 Å². The molecular weight excluding hydrogens is 267 g/mol. The summed E-state index contributed by atoms with van der Waals surface area (Å²) in [5.74, 6) is 0.639. The van der Waals surface area contributed by atoms with Crippen LogP contribution in [-0.2, 0) is 11.2 Å². The molecule has 1 aliphatic carbocycles. The summed E-state index contributed by atoms with van der Waals surface area (Å²) in [6, 6.07) is 5.16. The number of hydrogen-bond acceptors (Lipinski definition) is 2. The van der Waals surface area contributed by atoms with Crippen LogP contribution in [0, 0.1) is 11.7 Å². The Morgan fingerprint density at radius 2 is 2.10 bits per heavy atom. The van der Waals surface area contributed by atoms with Crippen LogP contribution in [0.4, 0.5) is 4.39 Å². The maximum Gasteiger partial charge on any atom is 0.220 e. The molecule has 1 fully saturated rings. The molecule has 3 nitrogen and oxygen atoms in total. The number of benzene rings is 1. The van der Waals surface area contributed by atoms with Crippen LogP contribution in [0.15, 0.2) is 18.2 Å². The van der Waals surface area contributed by atoms with Crippen LogP contribution < -0.4 is 10.6 Å². The maximum absolute atomic E-state index is 13.7. The SMILES string of the molecule is O=C(CCC1CCNCC1)NC1CCc2c(F)cccc21. The van der Waals surface area contributed by atoms with Crippen molar-refractivity contribution in [3.8, 4) is 0 Å². The van der Waals surface area contributed by atoms with Crippen LogP contribution >= 0.6 is 0 Å². The lowest BCUT2D eigenvalue weighted by atomic mass is 9.93. The average Bonchev–Trinajstić information content (AvgIpc) is 2.91. The van der Waals surface area contributed by atoms with Gasteiger partial charge in [0, 0.05) is 6.42 Å². The van der Waals surface area contributed by atoms with Gasteiger partial charge in [0.15, 0.2) is 0 Å². The lowest BCUT2D eigenvalue weighted by Crippen LogP contribution is -2.30. The van der Waals surface area contributed by atoms with Gasteiger partial charge in [0.1, 0.15) is 5.82 Å². The van der Waals surface area contributed by atoms with Crippen LogP contribution in [0.2, 0.25) is 0 Å². The quantitative estimate of drug-likeness (QED) is 0.895. The molecule has 2 N–H and O–H groups in total. The molecule has 3 rings (SSSR count). The number of nitrogens with one attached hydrogen (secondary N) is 2. The van der Waals surface area contributed by atoms with Gasteiger partial charge in [-0.05, 0) is 68.3 Å². The van der Waals surface area contributed by atoms with Crippen LogP contribution in [0.5, 0.6) is 0 Å². The fourth-order valence-electron chi connectivity index (χ4n) is 3.53. The minimum atomic E-state index is -0.140. The molecule has 4 heteroatoms. The van der Waals surface area contributed by atoms with Gasteiger partial charge in [0.25, 0.3) is 0 Å². The second kappa shape index (κ2) is 6.56. The Labute approximate surface area is 125 Å². The molecule has 1 aromatic carbocycles. The van der Waals surface area contributed by atoms with Gasteiger partial charge in [0.05, 0.1) is 6.04 Å². The smallest absolute Gasteiger partial charge is 0.220 e. The van der Waals surface area contributed by atoms with Gasteiger partial charge in [-0.1, -0.05) is 12.1 Å². The third kappa shape index (κ3) is 3.43. The van der Waals surface area contributed by atoms with Gasteiger partial charge in [0.2, 0.25) is 5.91 Å². The predicted molar refractivity (Wildman–Crippen MR) is 80.4 cm³/mol. The molecule has 0 bridgehead atoms. The zero-order valence-electron chi connectivity index (χ0n) is 12.3. The molecule has 0 saturated carbocycles. The van der Waals surface area contributed by atoms with E-state index in [2.05, 4.69) is 10.6 Å². The molecule has 1 amide bonds. The third-order valence-corrected chi connectivity index (χ3v) is 4.79. The molecule has 21 heavy (non-hydrogen) atoms. The Morgan fingerprint density at radius 1 is 1.29 bits per heavy atom. The highest BCUT2D eigenvalue weighted by Crippen LogP contribution is 2.32. The first-order valence-electron chi connectivity index (χ1n) is 8.01. The Kier molecular flexibility index (Phi) is 4.54. The minimum Gasteiger partial charge on any atom is -0.349 e. The summed E-state index contributed by atoms with van der Waals surface area (Å²) in [6.45, 7) is 2.14. The molecule has 1 aliphatic heterocycles. The van der Waals surface area contributed by atoms with E-state index >= 15 is 0 Å². The number of fused-ring (bicyclic) bond motifs is 1. The van der Waals surface area contributed by atoms with Crippen LogP contribution in [0.25, 0.3) is 0 Å². The maximum atomic E-state index is 13.7. The molecule has 1 saturated heterocycles. The molecule has 0 spiro atoms. The Morgan fingerprint density at radius 3 is 2.90 bits per heavy atom. The first kappa shape index (κ1) is 14.5. The zero-order chi connectivity index (χ0) is 14.7. The molecule has 2 aliphatic rings. The lowest BCUT2D eigenvalue weighted by Gasteiger charge is -2.22. The normalized spacial score (nSPS) is 22.0. The summed E-state index contributed by atoms with van der Waals surface area (Å²) >= 11 is 0. The number of carbonyl (C=O) groups is 1. The Bertz CT molecular complexity index is 512. The molecule has 114 valence electrons. The van der Waals surface area contributed by atoms with E-state index in [0.29, 0.717) is 12.3 Å². The van der Waals surface area contributed by atoms with Crippen molar-refractivity contribution in [3.63, 3.8) is 0 Å². The van der Waals surface area contributed by atoms with Crippen molar-refractivity contribution in [3.05, 3.63) is 35.1 Å². The minimum absolute atomic E-state index is 0.00350. The van der Waals surface area contributed by atoms with E-state index in [-0.39, 0.29) is 17.8 Å². The molecule has 1 atom stereocenters. The van der Waals surface area contributed by atoms with Gasteiger partial charge in [-0.2, -0.15) is 0 Å². The highest BCUT2D eigenvalue weighted by Gasteiger charge is 2.26.